The number of para-hydroxylation sites is 1. The van der Waals surface area contributed by atoms with E-state index in [1.807, 2.05) is 0 Å². The minimum Gasteiger partial charge on any atom is -0.325 e. The number of amides is 1. The van der Waals surface area contributed by atoms with Gasteiger partial charge in [0.1, 0.15) is 0 Å². The fraction of sp³-hybridized carbons (Fsp3) is 0.0909. The molecule has 0 aliphatic heterocycles. The van der Waals surface area contributed by atoms with Gasteiger partial charge in [0.2, 0.25) is 15.7 Å². The minimum absolute atomic E-state index is 0.0290. The van der Waals surface area contributed by atoms with Crippen molar-refractivity contribution < 1.29 is 13.2 Å². The molecule has 1 aromatic rings. The fourth-order valence-corrected chi connectivity index (χ4v) is 2.22. The molecular formula is C11H11NO3S. The van der Waals surface area contributed by atoms with Crippen LogP contribution in [-0.2, 0) is 14.6 Å². The van der Waals surface area contributed by atoms with E-state index in [0.29, 0.717) is 0 Å². The topological polar surface area (TPSA) is 63.2 Å². The molecule has 0 unspecified atom stereocenters. The SMILES string of the molecule is C=C=CS(=O)(=O)c1ccccc1NC(C)=O. The lowest BCUT2D eigenvalue weighted by atomic mass is 10.3. The zero-order chi connectivity index (χ0) is 12.2. The van der Waals surface area contributed by atoms with E-state index < -0.39 is 9.84 Å². The lowest BCUT2D eigenvalue weighted by Crippen LogP contribution is -2.09. The molecule has 0 radical (unpaired) electrons. The third kappa shape index (κ3) is 2.82. The summed E-state index contributed by atoms with van der Waals surface area (Å²) >= 11 is 0. The van der Waals surface area contributed by atoms with Crippen molar-refractivity contribution in [1.29, 1.82) is 0 Å². The molecule has 1 rings (SSSR count). The summed E-state index contributed by atoms with van der Waals surface area (Å²) in [6, 6.07) is 6.15. The Morgan fingerprint density at radius 3 is 2.62 bits per heavy atom. The molecular weight excluding hydrogens is 226 g/mol. The molecule has 1 N–H and O–H groups in total. The first-order valence-electron chi connectivity index (χ1n) is 4.45. The van der Waals surface area contributed by atoms with Gasteiger partial charge in [-0.1, -0.05) is 18.7 Å². The van der Waals surface area contributed by atoms with Crippen LogP contribution in [0.2, 0.25) is 0 Å². The van der Waals surface area contributed by atoms with Crippen LogP contribution in [0.1, 0.15) is 6.92 Å². The second-order valence-corrected chi connectivity index (χ2v) is 4.81. The average molecular weight is 237 g/mol. The van der Waals surface area contributed by atoms with E-state index in [1.54, 1.807) is 12.1 Å². The van der Waals surface area contributed by atoms with Crippen molar-refractivity contribution in [2.75, 3.05) is 5.32 Å². The highest BCUT2D eigenvalue weighted by Crippen LogP contribution is 2.22. The van der Waals surface area contributed by atoms with Gasteiger partial charge in [0.15, 0.2) is 0 Å². The highest BCUT2D eigenvalue weighted by molar-refractivity contribution is 7.94. The molecule has 0 aromatic heterocycles. The number of nitrogens with one attached hydrogen (secondary N) is 1. The minimum atomic E-state index is -3.60. The van der Waals surface area contributed by atoms with Crippen LogP contribution in [0.3, 0.4) is 0 Å². The van der Waals surface area contributed by atoms with Gasteiger partial charge in [0.05, 0.1) is 16.0 Å². The van der Waals surface area contributed by atoms with Gasteiger partial charge in [0.25, 0.3) is 0 Å². The smallest absolute Gasteiger partial charge is 0.221 e. The summed E-state index contributed by atoms with van der Waals surface area (Å²) in [5.41, 5.74) is 2.46. The first-order valence-corrected chi connectivity index (χ1v) is 5.99. The Hall–Kier alpha value is -1.84. The van der Waals surface area contributed by atoms with Gasteiger partial charge in [-0.15, -0.1) is 5.73 Å². The van der Waals surface area contributed by atoms with Gasteiger partial charge in [0, 0.05) is 6.92 Å². The van der Waals surface area contributed by atoms with E-state index in [9.17, 15) is 13.2 Å². The maximum Gasteiger partial charge on any atom is 0.221 e. The normalized spacial score (nSPS) is 10.3. The maximum atomic E-state index is 11.7. The summed E-state index contributed by atoms with van der Waals surface area (Å²) in [5, 5.41) is 3.32. The number of rotatable bonds is 3. The van der Waals surface area contributed by atoms with E-state index in [1.165, 1.54) is 19.1 Å². The summed E-state index contributed by atoms with van der Waals surface area (Å²) in [7, 11) is -3.60. The van der Waals surface area contributed by atoms with Gasteiger partial charge in [-0.3, -0.25) is 4.79 Å². The Labute approximate surface area is 94.2 Å². The Morgan fingerprint density at radius 2 is 2.06 bits per heavy atom. The predicted octanol–water partition coefficient (Wildman–Crippen LogP) is 1.72. The zero-order valence-electron chi connectivity index (χ0n) is 8.73. The summed E-state index contributed by atoms with van der Waals surface area (Å²) in [6.45, 7) is 4.53. The Bertz CT molecular complexity index is 554. The average Bonchev–Trinajstić information content (AvgIpc) is 2.17. The van der Waals surface area contributed by atoms with Crippen LogP contribution in [0.15, 0.2) is 46.9 Å². The number of anilines is 1. The number of hydrogen-bond acceptors (Lipinski definition) is 3. The highest BCUT2D eigenvalue weighted by Gasteiger charge is 2.15. The van der Waals surface area contributed by atoms with E-state index in [2.05, 4.69) is 17.6 Å². The second-order valence-electron chi connectivity index (χ2n) is 3.04. The van der Waals surface area contributed by atoms with Gasteiger partial charge < -0.3 is 5.32 Å². The molecule has 1 amide bonds. The van der Waals surface area contributed by atoms with Crippen molar-refractivity contribution >= 4 is 21.4 Å². The molecule has 0 saturated carbocycles. The van der Waals surface area contributed by atoms with Crippen molar-refractivity contribution in [3.05, 3.63) is 42.0 Å². The fourth-order valence-electron chi connectivity index (χ4n) is 1.18. The quantitative estimate of drug-likeness (QED) is 0.814. The van der Waals surface area contributed by atoms with Crippen molar-refractivity contribution in [3.8, 4) is 0 Å². The first-order chi connectivity index (χ1) is 7.47. The Kier molecular flexibility index (Phi) is 3.66. The first kappa shape index (κ1) is 12.2. The number of hydrogen-bond donors (Lipinski definition) is 1. The number of carbonyl (C=O) groups is 1. The lowest BCUT2D eigenvalue weighted by molar-refractivity contribution is -0.114. The monoisotopic (exact) mass is 237 g/mol. The van der Waals surface area contributed by atoms with Gasteiger partial charge in [-0.05, 0) is 12.1 Å². The van der Waals surface area contributed by atoms with Crippen LogP contribution in [-0.4, -0.2) is 14.3 Å². The van der Waals surface area contributed by atoms with Crippen LogP contribution >= 0.6 is 0 Å². The molecule has 0 atom stereocenters. The third-order valence-corrected chi connectivity index (χ3v) is 3.19. The van der Waals surface area contributed by atoms with Crippen LogP contribution in [0, 0.1) is 0 Å². The summed E-state index contributed by atoms with van der Waals surface area (Å²) in [4.78, 5) is 10.9. The predicted molar refractivity (Wildman–Crippen MR) is 61.6 cm³/mol. The van der Waals surface area contributed by atoms with Crippen molar-refractivity contribution in [1.82, 2.24) is 0 Å². The van der Waals surface area contributed by atoms with Crippen LogP contribution in [0.4, 0.5) is 5.69 Å². The van der Waals surface area contributed by atoms with Gasteiger partial charge in [-0.25, -0.2) is 8.42 Å². The standard InChI is InChI=1S/C11H11NO3S/c1-3-8-16(14,15)11-7-5-4-6-10(11)12-9(2)13/h4-8H,1H2,2H3,(H,12,13). The van der Waals surface area contributed by atoms with Crippen LogP contribution in [0.5, 0.6) is 0 Å². The molecule has 84 valence electrons. The molecule has 16 heavy (non-hydrogen) atoms. The van der Waals surface area contributed by atoms with Crippen molar-refractivity contribution in [2.24, 2.45) is 0 Å². The second kappa shape index (κ2) is 4.79. The van der Waals surface area contributed by atoms with E-state index >= 15 is 0 Å². The van der Waals surface area contributed by atoms with Crippen molar-refractivity contribution in [2.45, 2.75) is 11.8 Å². The largest absolute Gasteiger partial charge is 0.325 e. The molecule has 0 aliphatic rings. The lowest BCUT2D eigenvalue weighted by Gasteiger charge is -2.07. The van der Waals surface area contributed by atoms with Gasteiger partial charge in [-0.2, -0.15) is 0 Å². The van der Waals surface area contributed by atoms with E-state index in [-0.39, 0.29) is 16.5 Å². The number of carbonyl (C=O) groups excluding carboxylic acids is 1. The molecule has 0 spiro atoms. The number of sulfone groups is 1. The molecule has 0 heterocycles. The summed E-state index contributed by atoms with van der Waals surface area (Å²) in [6.07, 6.45) is 0. The molecule has 0 saturated heterocycles. The number of benzene rings is 1. The van der Waals surface area contributed by atoms with E-state index in [0.717, 1.165) is 5.41 Å². The summed E-state index contributed by atoms with van der Waals surface area (Å²) < 4.78 is 23.5. The van der Waals surface area contributed by atoms with E-state index in [4.69, 9.17) is 0 Å². The molecule has 5 heteroatoms. The third-order valence-electron chi connectivity index (χ3n) is 1.74. The molecule has 4 nitrogen and oxygen atoms in total. The van der Waals surface area contributed by atoms with Crippen molar-refractivity contribution in [3.63, 3.8) is 0 Å². The molecule has 1 aromatic carbocycles. The molecule has 0 fully saturated rings. The molecule has 0 bridgehead atoms. The van der Waals surface area contributed by atoms with Crippen LogP contribution < -0.4 is 5.32 Å². The highest BCUT2D eigenvalue weighted by atomic mass is 32.2. The molecule has 0 aliphatic carbocycles. The van der Waals surface area contributed by atoms with Crippen LogP contribution in [0.25, 0.3) is 0 Å². The maximum absolute atomic E-state index is 11.7. The Morgan fingerprint density at radius 1 is 1.44 bits per heavy atom. The van der Waals surface area contributed by atoms with Gasteiger partial charge >= 0.3 is 0 Å². The Balaban J connectivity index is 3.34. The zero-order valence-corrected chi connectivity index (χ0v) is 9.54. The summed E-state index contributed by atoms with van der Waals surface area (Å²) in [5.74, 6) is -0.328.